The molecule has 1 unspecified atom stereocenters. The number of rotatable bonds is 9. The summed E-state index contributed by atoms with van der Waals surface area (Å²) in [5.74, 6) is -0.559. The fraction of sp³-hybridized carbons (Fsp3) is 0.579. The zero-order valence-electron chi connectivity index (χ0n) is 15.5. The van der Waals surface area contributed by atoms with Gasteiger partial charge in [0, 0.05) is 20.2 Å². The Kier molecular flexibility index (Phi) is 7.87. The van der Waals surface area contributed by atoms with Gasteiger partial charge < -0.3 is 24.8 Å². The Morgan fingerprint density at radius 3 is 2.88 bits per heavy atom. The van der Waals surface area contributed by atoms with E-state index in [0.717, 1.165) is 37.9 Å². The van der Waals surface area contributed by atoms with Gasteiger partial charge in [0.05, 0.1) is 18.2 Å². The number of methoxy groups -OCH3 is 1. The molecule has 144 valence electrons. The van der Waals surface area contributed by atoms with Crippen molar-refractivity contribution in [3.63, 3.8) is 0 Å². The molecule has 0 bridgehead atoms. The number of carbonyl (C=O) groups excluding carboxylic acids is 1. The maximum Gasteiger partial charge on any atom is 0.307 e. The van der Waals surface area contributed by atoms with Gasteiger partial charge in [0.1, 0.15) is 12.4 Å². The Labute approximate surface area is 154 Å². The van der Waals surface area contributed by atoms with Gasteiger partial charge in [-0.1, -0.05) is 6.07 Å². The number of nitrogens with one attached hydrogen (secondary N) is 1. The van der Waals surface area contributed by atoms with Crippen LogP contribution in [0.25, 0.3) is 0 Å². The van der Waals surface area contributed by atoms with Crippen molar-refractivity contribution in [1.82, 2.24) is 4.90 Å². The highest BCUT2D eigenvalue weighted by atomic mass is 16.5. The minimum Gasteiger partial charge on any atom is -0.492 e. The van der Waals surface area contributed by atoms with Gasteiger partial charge in [-0.25, -0.2) is 0 Å². The summed E-state index contributed by atoms with van der Waals surface area (Å²) in [6.07, 6.45) is 2.49. The Hall–Kier alpha value is -2.12. The first-order valence-corrected chi connectivity index (χ1v) is 9.03. The number of anilines is 1. The Morgan fingerprint density at radius 1 is 1.38 bits per heavy atom. The van der Waals surface area contributed by atoms with E-state index in [-0.39, 0.29) is 18.4 Å². The molecule has 2 N–H and O–H groups in total. The third kappa shape index (κ3) is 6.00. The van der Waals surface area contributed by atoms with Crippen molar-refractivity contribution in [2.45, 2.75) is 26.2 Å². The van der Waals surface area contributed by atoms with E-state index < -0.39 is 5.97 Å². The quantitative estimate of drug-likeness (QED) is 0.697. The lowest BCUT2D eigenvalue weighted by atomic mass is 9.98. The monoisotopic (exact) mass is 364 g/mol. The molecule has 0 aromatic heterocycles. The molecule has 1 heterocycles. The predicted octanol–water partition coefficient (Wildman–Crippen LogP) is 2.01. The van der Waals surface area contributed by atoms with E-state index >= 15 is 0 Å². The molecule has 0 aliphatic carbocycles. The molecule has 1 aliphatic rings. The van der Waals surface area contributed by atoms with Crippen LogP contribution in [0.1, 0.15) is 25.3 Å². The molecule has 1 atom stereocenters. The number of aliphatic carboxylic acids is 1. The second-order valence-electron chi connectivity index (χ2n) is 6.47. The molecule has 0 radical (unpaired) electrons. The highest BCUT2D eigenvalue weighted by molar-refractivity contribution is 5.93. The lowest BCUT2D eigenvalue weighted by molar-refractivity contribution is -0.143. The summed E-state index contributed by atoms with van der Waals surface area (Å²) >= 11 is 0. The van der Waals surface area contributed by atoms with Crippen LogP contribution in [0.3, 0.4) is 0 Å². The number of nitrogens with zero attached hydrogens (tertiary/aromatic N) is 1. The summed E-state index contributed by atoms with van der Waals surface area (Å²) in [7, 11) is 1.47. The van der Waals surface area contributed by atoms with Crippen molar-refractivity contribution in [1.29, 1.82) is 0 Å². The summed E-state index contributed by atoms with van der Waals surface area (Å²) in [6, 6.07) is 5.73. The van der Waals surface area contributed by atoms with E-state index in [1.165, 1.54) is 7.11 Å². The van der Waals surface area contributed by atoms with Crippen molar-refractivity contribution < 1.29 is 24.2 Å². The van der Waals surface area contributed by atoms with Crippen LogP contribution in [0.4, 0.5) is 5.69 Å². The Balaban J connectivity index is 1.97. The fourth-order valence-corrected chi connectivity index (χ4v) is 3.17. The largest absolute Gasteiger partial charge is 0.492 e. The van der Waals surface area contributed by atoms with Crippen LogP contribution in [0.2, 0.25) is 0 Å². The molecule has 1 aliphatic heterocycles. The van der Waals surface area contributed by atoms with Gasteiger partial charge in [-0.05, 0) is 50.4 Å². The lowest BCUT2D eigenvalue weighted by Crippen LogP contribution is -2.39. The zero-order valence-corrected chi connectivity index (χ0v) is 15.5. The van der Waals surface area contributed by atoms with Crippen LogP contribution in [-0.2, 0) is 20.7 Å². The smallest absolute Gasteiger partial charge is 0.307 e. The number of hydrogen-bond donors (Lipinski definition) is 2. The molecule has 2 rings (SSSR count). The highest BCUT2D eigenvalue weighted by Gasteiger charge is 2.24. The number of piperidine rings is 1. The Morgan fingerprint density at radius 2 is 2.19 bits per heavy atom. The van der Waals surface area contributed by atoms with Gasteiger partial charge in [-0.15, -0.1) is 0 Å². The first-order chi connectivity index (χ1) is 12.5. The maximum atomic E-state index is 11.7. The van der Waals surface area contributed by atoms with Crippen molar-refractivity contribution >= 4 is 17.6 Å². The van der Waals surface area contributed by atoms with Crippen LogP contribution in [0.5, 0.6) is 5.75 Å². The molecule has 1 aromatic carbocycles. The van der Waals surface area contributed by atoms with Gasteiger partial charge in [0.25, 0.3) is 0 Å². The summed E-state index contributed by atoms with van der Waals surface area (Å²) < 4.78 is 10.5. The summed E-state index contributed by atoms with van der Waals surface area (Å²) in [4.78, 5) is 25.1. The van der Waals surface area contributed by atoms with Crippen molar-refractivity contribution in [2.75, 3.05) is 45.3 Å². The number of carboxylic acid groups (broad SMARTS) is 1. The molecule has 0 spiro atoms. The van der Waals surface area contributed by atoms with Crippen molar-refractivity contribution in [3.05, 3.63) is 23.8 Å². The van der Waals surface area contributed by atoms with Gasteiger partial charge in [0.15, 0.2) is 0 Å². The van der Waals surface area contributed by atoms with Crippen LogP contribution >= 0.6 is 0 Å². The molecule has 0 saturated carbocycles. The summed E-state index contributed by atoms with van der Waals surface area (Å²) in [5, 5.41) is 12.0. The average Bonchev–Trinajstić information content (AvgIpc) is 2.62. The number of carbonyl (C=O) groups is 2. The minimum absolute atomic E-state index is 0.00692. The Bertz CT molecular complexity index is 620. The molecular weight excluding hydrogens is 336 g/mol. The third-order valence-electron chi connectivity index (χ3n) is 4.47. The molecule has 1 fully saturated rings. The maximum absolute atomic E-state index is 11.7. The average molecular weight is 364 g/mol. The molecule has 1 amide bonds. The SMILES string of the molecule is CCOc1cc(CCN2CCCC(C(=O)O)C2)ccc1NC(=O)COC. The third-order valence-corrected chi connectivity index (χ3v) is 4.47. The first-order valence-electron chi connectivity index (χ1n) is 9.03. The van der Waals surface area contributed by atoms with E-state index in [1.807, 2.05) is 25.1 Å². The topological polar surface area (TPSA) is 88.1 Å². The predicted molar refractivity (Wildman–Crippen MR) is 98.6 cm³/mol. The van der Waals surface area contributed by atoms with E-state index in [9.17, 15) is 14.7 Å². The number of hydrogen-bond acceptors (Lipinski definition) is 5. The van der Waals surface area contributed by atoms with E-state index in [2.05, 4.69) is 10.2 Å². The molecule has 7 nitrogen and oxygen atoms in total. The van der Waals surface area contributed by atoms with Crippen molar-refractivity contribution in [3.8, 4) is 5.75 Å². The molecular formula is C19H28N2O5. The van der Waals surface area contributed by atoms with Gasteiger partial charge in [0.2, 0.25) is 5.91 Å². The number of carboxylic acids is 1. The lowest BCUT2D eigenvalue weighted by Gasteiger charge is -2.30. The van der Waals surface area contributed by atoms with Crippen LogP contribution in [-0.4, -0.2) is 61.8 Å². The molecule has 1 saturated heterocycles. The fourth-order valence-electron chi connectivity index (χ4n) is 3.17. The number of ether oxygens (including phenoxy) is 2. The number of benzene rings is 1. The minimum atomic E-state index is -0.704. The van der Waals surface area contributed by atoms with E-state index in [4.69, 9.17) is 9.47 Å². The molecule has 1 aromatic rings. The van der Waals surface area contributed by atoms with Crippen LogP contribution in [0, 0.1) is 5.92 Å². The second kappa shape index (κ2) is 10.1. The van der Waals surface area contributed by atoms with Crippen LogP contribution in [0.15, 0.2) is 18.2 Å². The van der Waals surface area contributed by atoms with Crippen LogP contribution < -0.4 is 10.1 Å². The number of amides is 1. The summed E-state index contributed by atoms with van der Waals surface area (Å²) in [5.41, 5.74) is 1.72. The standard InChI is InChI=1S/C19H28N2O5/c1-3-26-17-11-14(6-7-16(17)20-18(22)13-25-2)8-10-21-9-4-5-15(12-21)19(23)24/h6-7,11,15H,3-5,8-10,12-13H2,1-2H3,(H,20,22)(H,23,24). The molecule has 7 heteroatoms. The van der Waals surface area contributed by atoms with E-state index in [1.54, 1.807) is 0 Å². The second-order valence-corrected chi connectivity index (χ2v) is 6.47. The highest BCUT2D eigenvalue weighted by Crippen LogP contribution is 2.27. The normalized spacial score (nSPS) is 17.7. The van der Waals surface area contributed by atoms with Gasteiger partial charge in [-0.3, -0.25) is 9.59 Å². The van der Waals surface area contributed by atoms with Gasteiger partial charge >= 0.3 is 5.97 Å². The van der Waals surface area contributed by atoms with E-state index in [0.29, 0.717) is 24.6 Å². The van der Waals surface area contributed by atoms with Gasteiger partial charge in [-0.2, -0.15) is 0 Å². The zero-order chi connectivity index (χ0) is 18.9. The first kappa shape index (κ1) is 20.2. The van der Waals surface area contributed by atoms with Crippen molar-refractivity contribution in [2.24, 2.45) is 5.92 Å². The summed E-state index contributed by atoms with van der Waals surface area (Å²) in [6.45, 7) is 4.75. The number of likely N-dealkylation sites (tertiary alicyclic amines) is 1. The molecule has 26 heavy (non-hydrogen) atoms.